The molecule has 9 heteroatoms. The van der Waals surface area contributed by atoms with Crippen LogP contribution in [0.4, 0.5) is 14.5 Å². The summed E-state index contributed by atoms with van der Waals surface area (Å²) in [5.74, 6) is -0.656. The zero-order valence-electron chi connectivity index (χ0n) is 12.3. The number of carbonyl (C=O) groups is 1. The fourth-order valence-electron chi connectivity index (χ4n) is 2.19. The zero-order chi connectivity index (χ0) is 17.5. The van der Waals surface area contributed by atoms with Crippen molar-refractivity contribution in [2.75, 3.05) is 5.32 Å². The third kappa shape index (κ3) is 3.13. The highest BCUT2D eigenvalue weighted by molar-refractivity contribution is 6.21. The van der Waals surface area contributed by atoms with E-state index in [0.717, 1.165) is 10.6 Å². The second kappa shape index (κ2) is 5.72. The van der Waals surface area contributed by atoms with Gasteiger partial charge in [0.05, 0.1) is 0 Å². The highest BCUT2D eigenvalue weighted by Crippen LogP contribution is 2.32. The Morgan fingerprint density at radius 1 is 1.33 bits per heavy atom. The van der Waals surface area contributed by atoms with Gasteiger partial charge in [-0.05, 0) is 36.7 Å². The smallest absolute Gasteiger partial charge is 0.364 e. The van der Waals surface area contributed by atoms with E-state index in [4.69, 9.17) is 11.6 Å². The lowest BCUT2D eigenvalue weighted by molar-refractivity contribution is 0.0868. The highest BCUT2D eigenvalue weighted by atomic mass is 35.5. The second-order valence-electron chi connectivity index (χ2n) is 5.08. The fourth-order valence-corrected chi connectivity index (χ4v) is 2.33. The lowest BCUT2D eigenvalue weighted by atomic mass is 10.3. The molecular formula is C15H11ClF2N4O2. The van der Waals surface area contributed by atoms with Crippen LogP contribution in [-0.2, 0) is 5.38 Å². The van der Waals surface area contributed by atoms with Crippen molar-refractivity contribution in [1.29, 1.82) is 0 Å². The molecule has 1 aromatic carbocycles. The molecule has 0 atom stereocenters. The van der Waals surface area contributed by atoms with Gasteiger partial charge in [-0.1, -0.05) is 6.07 Å². The molecular weight excluding hydrogens is 342 g/mol. The predicted molar refractivity (Wildman–Crippen MR) is 83.5 cm³/mol. The van der Waals surface area contributed by atoms with Crippen molar-refractivity contribution < 1.29 is 18.7 Å². The van der Waals surface area contributed by atoms with Crippen LogP contribution in [0.25, 0.3) is 5.65 Å². The summed E-state index contributed by atoms with van der Waals surface area (Å²) in [7, 11) is 0. The molecule has 0 bridgehead atoms. The SMILES string of the molecule is Cc1cc(C(F)(F)Cl)n2nc(C(=O)Nc3cccc(O)c3)cc2n1. The summed E-state index contributed by atoms with van der Waals surface area (Å²) < 4.78 is 27.9. The van der Waals surface area contributed by atoms with Crippen LogP contribution >= 0.6 is 11.6 Å². The number of alkyl halides is 3. The third-order valence-electron chi connectivity index (χ3n) is 3.18. The Bertz CT molecular complexity index is 937. The van der Waals surface area contributed by atoms with Gasteiger partial charge in [-0.3, -0.25) is 4.79 Å². The van der Waals surface area contributed by atoms with Gasteiger partial charge in [0.2, 0.25) is 0 Å². The molecule has 1 amide bonds. The third-order valence-corrected chi connectivity index (χ3v) is 3.38. The standard InChI is InChI=1S/C15H11ClF2N4O2/c1-8-5-12(15(16,17)18)22-13(19-8)7-11(21-22)14(24)20-9-3-2-4-10(23)6-9/h2-7,23H,1H3,(H,20,24). The summed E-state index contributed by atoms with van der Waals surface area (Å²) in [6.45, 7) is 1.53. The first kappa shape index (κ1) is 16.1. The Kier molecular flexibility index (Phi) is 3.84. The van der Waals surface area contributed by atoms with Crippen LogP contribution < -0.4 is 5.32 Å². The highest BCUT2D eigenvalue weighted by Gasteiger charge is 2.32. The number of amides is 1. The molecule has 0 saturated heterocycles. The molecule has 3 aromatic rings. The number of nitrogens with zero attached hydrogens (tertiary/aromatic N) is 3. The topological polar surface area (TPSA) is 79.5 Å². The normalized spacial score (nSPS) is 11.7. The maximum atomic E-state index is 13.5. The number of benzene rings is 1. The van der Waals surface area contributed by atoms with Crippen molar-refractivity contribution in [2.45, 2.75) is 12.3 Å². The van der Waals surface area contributed by atoms with Crippen LogP contribution in [0.1, 0.15) is 21.9 Å². The lowest BCUT2D eigenvalue weighted by Crippen LogP contribution is -2.15. The lowest BCUT2D eigenvalue weighted by Gasteiger charge is -2.10. The fraction of sp³-hybridized carbons (Fsp3) is 0.133. The second-order valence-corrected chi connectivity index (χ2v) is 5.56. The molecule has 6 nitrogen and oxygen atoms in total. The number of aryl methyl sites for hydroxylation is 1. The van der Waals surface area contributed by atoms with E-state index in [9.17, 15) is 18.7 Å². The Hall–Kier alpha value is -2.74. The van der Waals surface area contributed by atoms with Crippen LogP contribution in [0.15, 0.2) is 36.4 Å². The first-order chi connectivity index (χ1) is 11.2. The molecule has 0 unspecified atom stereocenters. The van der Waals surface area contributed by atoms with E-state index < -0.39 is 17.0 Å². The maximum absolute atomic E-state index is 13.5. The minimum atomic E-state index is -3.66. The van der Waals surface area contributed by atoms with Crippen molar-refractivity contribution >= 4 is 28.8 Å². The van der Waals surface area contributed by atoms with E-state index in [1.165, 1.54) is 25.1 Å². The molecule has 24 heavy (non-hydrogen) atoms. The largest absolute Gasteiger partial charge is 0.508 e. The van der Waals surface area contributed by atoms with Gasteiger partial charge in [-0.2, -0.15) is 13.9 Å². The molecule has 2 aromatic heterocycles. The maximum Gasteiger partial charge on any atom is 0.364 e. The summed E-state index contributed by atoms with van der Waals surface area (Å²) in [5, 5.41) is 12.1. The summed E-state index contributed by atoms with van der Waals surface area (Å²) in [4.78, 5) is 16.3. The molecule has 2 N–H and O–H groups in total. The molecule has 0 fully saturated rings. The number of carbonyl (C=O) groups excluding carboxylic acids is 1. The Morgan fingerprint density at radius 2 is 2.08 bits per heavy atom. The van der Waals surface area contributed by atoms with Crippen LogP contribution in [0.2, 0.25) is 0 Å². The number of nitrogens with one attached hydrogen (secondary N) is 1. The average Bonchev–Trinajstić information content (AvgIpc) is 2.89. The number of aromatic nitrogens is 3. The van der Waals surface area contributed by atoms with Gasteiger partial charge in [0.1, 0.15) is 11.4 Å². The number of phenols is 1. The minimum absolute atomic E-state index is 0.0239. The van der Waals surface area contributed by atoms with Gasteiger partial charge in [-0.25, -0.2) is 9.50 Å². The van der Waals surface area contributed by atoms with E-state index in [1.807, 2.05) is 0 Å². The van der Waals surface area contributed by atoms with Crippen molar-refractivity contribution in [3.63, 3.8) is 0 Å². The number of anilines is 1. The first-order valence-corrected chi connectivity index (χ1v) is 7.17. The van der Waals surface area contributed by atoms with Gasteiger partial charge in [0, 0.05) is 23.5 Å². The van der Waals surface area contributed by atoms with Gasteiger partial charge >= 0.3 is 5.38 Å². The van der Waals surface area contributed by atoms with Crippen LogP contribution in [0.5, 0.6) is 5.75 Å². The molecule has 0 radical (unpaired) electrons. The van der Waals surface area contributed by atoms with Gasteiger partial charge in [0.25, 0.3) is 5.91 Å². The van der Waals surface area contributed by atoms with Gasteiger partial charge in [-0.15, -0.1) is 0 Å². The monoisotopic (exact) mass is 352 g/mol. The van der Waals surface area contributed by atoms with Gasteiger partial charge in [0.15, 0.2) is 11.3 Å². The summed E-state index contributed by atoms with van der Waals surface area (Å²) in [5.41, 5.74) is 0.0369. The number of fused-ring (bicyclic) bond motifs is 1. The van der Waals surface area contributed by atoms with E-state index in [2.05, 4.69) is 15.4 Å². The number of phenolic OH excluding ortho intramolecular Hbond substituents is 1. The quantitative estimate of drug-likeness (QED) is 0.709. The first-order valence-electron chi connectivity index (χ1n) is 6.79. The van der Waals surface area contributed by atoms with Crippen LogP contribution in [0.3, 0.4) is 0 Å². The number of aromatic hydroxyl groups is 1. The molecule has 124 valence electrons. The molecule has 3 rings (SSSR count). The van der Waals surface area contributed by atoms with E-state index in [1.54, 1.807) is 12.1 Å². The summed E-state index contributed by atoms with van der Waals surface area (Å²) >= 11 is 5.10. The Balaban J connectivity index is 2.00. The number of hydrogen-bond donors (Lipinski definition) is 2. The van der Waals surface area contributed by atoms with Crippen LogP contribution in [-0.4, -0.2) is 25.6 Å². The molecule has 0 saturated carbocycles. The number of hydrogen-bond acceptors (Lipinski definition) is 4. The predicted octanol–water partition coefficient (Wildman–Crippen LogP) is 3.28. The van der Waals surface area contributed by atoms with Crippen molar-refractivity contribution in [3.8, 4) is 5.75 Å². The zero-order valence-corrected chi connectivity index (χ0v) is 13.1. The Labute approximate surface area is 139 Å². The van der Waals surface area contributed by atoms with Gasteiger partial charge < -0.3 is 10.4 Å². The molecule has 0 aliphatic heterocycles. The van der Waals surface area contributed by atoms with Crippen molar-refractivity contribution in [3.05, 3.63) is 53.5 Å². The van der Waals surface area contributed by atoms with Crippen LogP contribution in [0, 0.1) is 6.92 Å². The van der Waals surface area contributed by atoms with E-state index >= 15 is 0 Å². The molecule has 2 heterocycles. The molecule has 0 aliphatic carbocycles. The van der Waals surface area contributed by atoms with Crippen molar-refractivity contribution in [1.82, 2.24) is 14.6 Å². The molecule has 0 aliphatic rings. The summed E-state index contributed by atoms with van der Waals surface area (Å²) in [6, 6.07) is 8.28. The molecule has 0 spiro atoms. The van der Waals surface area contributed by atoms with E-state index in [-0.39, 0.29) is 17.1 Å². The minimum Gasteiger partial charge on any atom is -0.508 e. The number of rotatable bonds is 3. The average molecular weight is 353 g/mol. The number of halogens is 3. The van der Waals surface area contributed by atoms with E-state index in [0.29, 0.717) is 11.4 Å². The Morgan fingerprint density at radius 3 is 2.75 bits per heavy atom. The van der Waals surface area contributed by atoms with Crippen molar-refractivity contribution in [2.24, 2.45) is 0 Å². The summed E-state index contributed by atoms with van der Waals surface area (Å²) in [6.07, 6.45) is 0.